The molecule has 4 rings (SSSR count). The molecule has 1 unspecified atom stereocenters. The van der Waals surface area contributed by atoms with Crippen LogP contribution >= 0.6 is 0 Å². The van der Waals surface area contributed by atoms with Crippen LogP contribution in [0.1, 0.15) is 35.4 Å². The molecule has 0 N–H and O–H groups in total. The molecule has 1 saturated heterocycles. The first-order valence-corrected chi connectivity index (χ1v) is 9.41. The topological polar surface area (TPSA) is 23.6 Å². The van der Waals surface area contributed by atoms with Gasteiger partial charge in [0.15, 0.2) is 0 Å². The van der Waals surface area contributed by atoms with E-state index in [4.69, 9.17) is 0 Å². The summed E-state index contributed by atoms with van der Waals surface area (Å²) in [5, 5.41) is 0. The van der Waals surface area contributed by atoms with Gasteiger partial charge < -0.3 is 4.90 Å². The zero-order chi connectivity index (χ0) is 17.1. The Morgan fingerprint density at radius 1 is 0.920 bits per heavy atom. The van der Waals surface area contributed by atoms with Crippen molar-refractivity contribution in [3.8, 4) is 0 Å². The lowest BCUT2D eigenvalue weighted by Gasteiger charge is -2.35. The van der Waals surface area contributed by atoms with E-state index in [1.165, 1.54) is 16.7 Å². The standard InChI is InChI=1S/C22H26N2O/c25-22(16-20-11-10-19-8-4-5-9-21(19)20)24-14-12-23(13-15-24)17-18-6-2-1-3-7-18/h1-9,20H,10-17H2. The highest BCUT2D eigenvalue weighted by atomic mass is 16.2. The number of hydrogen-bond donors (Lipinski definition) is 0. The molecule has 0 bridgehead atoms. The van der Waals surface area contributed by atoms with Gasteiger partial charge in [-0.1, -0.05) is 54.6 Å². The lowest BCUT2D eigenvalue weighted by atomic mass is 9.97. The number of carbonyl (C=O) groups excluding carboxylic acids is 1. The fourth-order valence-corrected chi connectivity index (χ4v) is 4.19. The zero-order valence-electron chi connectivity index (χ0n) is 14.7. The summed E-state index contributed by atoms with van der Waals surface area (Å²) < 4.78 is 0. The summed E-state index contributed by atoms with van der Waals surface area (Å²) in [6.45, 7) is 4.66. The average molecular weight is 334 g/mol. The predicted molar refractivity (Wildman–Crippen MR) is 100 cm³/mol. The van der Waals surface area contributed by atoms with Gasteiger partial charge in [0.25, 0.3) is 0 Å². The Hall–Kier alpha value is -2.13. The number of hydrogen-bond acceptors (Lipinski definition) is 2. The SMILES string of the molecule is O=C(CC1CCc2ccccc21)N1CCN(Cc2ccccc2)CC1. The molecule has 3 nitrogen and oxygen atoms in total. The van der Waals surface area contributed by atoms with Crippen LogP contribution < -0.4 is 0 Å². The van der Waals surface area contributed by atoms with Gasteiger partial charge in [-0.3, -0.25) is 9.69 Å². The van der Waals surface area contributed by atoms with Crippen molar-refractivity contribution in [1.29, 1.82) is 0 Å². The Morgan fingerprint density at radius 3 is 2.44 bits per heavy atom. The summed E-state index contributed by atoms with van der Waals surface area (Å²) in [5.41, 5.74) is 4.19. The second kappa shape index (κ2) is 7.40. The Bertz CT molecular complexity index is 720. The molecule has 1 amide bonds. The second-order valence-electron chi connectivity index (χ2n) is 7.28. The van der Waals surface area contributed by atoms with Crippen molar-refractivity contribution in [3.63, 3.8) is 0 Å². The van der Waals surface area contributed by atoms with Gasteiger partial charge >= 0.3 is 0 Å². The third-order valence-corrected chi connectivity index (χ3v) is 5.65. The van der Waals surface area contributed by atoms with Gasteiger partial charge in [0.1, 0.15) is 0 Å². The maximum absolute atomic E-state index is 12.7. The average Bonchev–Trinajstić information content (AvgIpc) is 3.06. The van der Waals surface area contributed by atoms with Crippen molar-refractivity contribution in [2.24, 2.45) is 0 Å². The highest BCUT2D eigenvalue weighted by Crippen LogP contribution is 2.35. The zero-order valence-corrected chi connectivity index (χ0v) is 14.7. The van der Waals surface area contributed by atoms with E-state index in [1.54, 1.807) is 0 Å². The second-order valence-corrected chi connectivity index (χ2v) is 7.28. The van der Waals surface area contributed by atoms with Crippen LogP contribution in [0.5, 0.6) is 0 Å². The van der Waals surface area contributed by atoms with Crippen molar-refractivity contribution in [2.75, 3.05) is 26.2 Å². The number of piperazine rings is 1. The molecule has 130 valence electrons. The largest absolute Gasteiger partial charge is 0.340 e. The Balaban J connectivity index is 1.29. The van der Waals surface area contributed by atoms with E-state index in [1.807, 2.05) is 0 Å². The molecule has 2 aromatic rings. The van der Waals surface area contributed by atoms with E-state index < -0.39 is 0 Å². The van der Waals surface area contributed by atoms with Crippen molar-refractivity contribution < 1.29 is 4.79 Å². The number of nitrogens with zero attached hydrogens (tertiary/aromatic N) is 2. The molecule has 0 saturated carbocycles. The van der Waals surface area contributed by atoms with Gasteiger partial charge in [0, 0.05) is 39.1 Å². The molecule has 0 aromatic heterocycles. The summed E-state index contributed by atoms with van der Waals surface area (Å²) in [4.78, 5) is 17.3. The first-order chi connectivity index (χ1) is 12.3. The van der Waals surface area contributed by atoms with Crippen LogP contribution in [-0.4, -0.2) is 41.9 Å². The normalized spacial score (nSPS) is 20.5. The van der Waals surface area contributed by atoms with Crippen LogP contribution in [0.3, 0.4) is 0 Å². The summed E-state index contributed by atoms with van der Waals surface area (Å²) in [6, 6.07) is 19.2. The van der Waals surface area contributed by atoms with Gasteiger partial charge in [-0.15, -0.1) is 0 Å². The number of benzene rings is 2. The van der Waals surface area contributed by atoms with E-state index in [0.717, 1.165) is 45.6 Å². The summed E-state index contributed by atoms with van der Waals surface area (Å²) in [7, 11) is 0. The molecule has 1 aliphatic heterocycles. The number of aryl methyl sites for hydroxylation is 1. The van der Waals surface area contributed by atoms with E-state index in [2.05, 4.69) is 64.4 Å². The van der Waals surface area contributed by atoms with Crippen LogP contribution in [0.25, 0.3) is 0 Å². The van der Waals surface area contributed by atoms with Crippen molar-refractivity contribution in [2.45, 2.75) is 31.7 Å². The van der Waals surface area contributed by atoms with E-state index >= 15 is 0 Å². The Labute approximate surface area is 150 Å². The minimum Gasteiger partial charge on any atom is -0.340 e. The maximum atomic E-state index is 12.7. The third kappa shape index (κ3) is 3.77. The van der Waals surface area contributed by atoms with Crippen LogP contribution in [0.4, 0.5) is 0 Å². The van der Waals surface area contributed by atoms with Crippen molar-refractivity contribution >= 4 is 5.91 Å². The summed E-state index contributed by atoms with van der Waals surface area (Å²) in [6.07, 6.45) is 2.92. The smallest absolute Gasteiger partial charge is 0.223 e. The first kappa shape index (κ1) is 16.3. The molecule has 1 heterocycles. The number of fused-ring (bicyclic) bond motifs is 1. The number of rotatable bonds is 4. The van der Waals surface area contributed by atoms with Gasteiger partial charge in [-0.2, -0.15) is 0 Å². The molecule has 0 spiro atoms. The third-order valence-electron chi connectivity index (χ3n) is 5.65. The van der Waals surface area contributed by atoms with Crippen LogP contribution in [0, 0.1) is 0 Å². The number of carbonyl (C=O) groups is 1. The molecular formula is C22H26N2O. The fraction of sp³-hybridized carbons (Fsp3) is 0.409. The predicted octanol–water partition coefficient (Wildman–Crippen LogP) is 3.45. The van der Waals surface area contributed by atoms with Crippen LogP contribution in [-0.2, 0) is 17.8 Å². The number of amides is 1. The maximum Gasteiger partial charge on any atom is 0.223 e. The van der Waals surface area contributed by atoms with E-state index in [9.17, 15) is 4.79 Å². The van der Waals surface area contributed by atoms with Gasteiger partial charge in [0.05, 0.1) is 0 Å². The minimum absolute atomic E-state index is 0.334. The molecule has 1 aliphatic carbocycles. The monoisotopic (exact) mass is 334 g/mol. The Kier molecular flexibility index (Phi) is 4.84. The van der Waals surface area contributed by atoms with Crippen LogP contribution in [0.15, 0.2) is 54.6 Å². The molecule has 0 radical (unpaired) electrons. The quantitative estimate of drug-likeness (QED) is 0.855. The molecular weight excluding hydrogens is 308 g/mol. The van der Waals surface area contributed by atoms with Gasteiger partial charge in [-0.25, -0.2) is 0 Å². The van der Waals surface area contributed by atoms with Gasteiger partial charge in [-0.05, 0) is 35.4 Å². The molecule has 1 fully saturated rings. The van der Waals surface area contributed by atoms with Gasteiger partial charge in [0.2, 0.25) is 5.91 Å². The van der Waals surface area contributed by atoms with E-state index in [-0.39, 0.29) is 0 Å². The first-order valence-electron chi connectivity index (χ1n) is 9.41. The molecule has 3 heteroatoms. The minimum atomic E-state index is 0.334. The molecule has 2 aliphatic rings. The molecule has 1 atom stereocenters. The highest BCUT2D eigenvalue weighted by Gasteiger charge is 2.28. The molecule has 25 heavy (non-hydrogen) atoms. The summed E-state index contributed by atoms with van der Waals surface area (Å²) >= 11 is 0. The molecule has 2 aromatic carbocycles. The summed E-state index contributed by atoms with van der Waals surface area (Å²) in [5.74, 6) is 0.757. The Morgan fingerprint density at radius 2 is 1.64 bits per heavy atom. The highest BCUT2D eigenvalue weighted by molar-refractivity contribution is 5.77. The lowest BCUT2D eigenvalue weighted by molar-refractivity contribution is -0.133. The van der Waals surface area contributed by atoms with Crippen molar-refractivity contribution in [3.05, 3.63) is 71.3 Å². The van der Waals surface area contributed by atoms with Crippen LogP contribution in [0.2, 0.25) is 0 Å². The van der Waals surface area contributed by atoms with E-state index in [0.29, 0.717) is 18.2 Å². The lowest BCUT2D eigenvalue weighted by Crippen LogP contribution is -2.48. The fourth-order valence-electron chi connectivity index (χ4n) is 4.19. The van der Waals surface area contributed by atoms with Crippen molar-refractivity contribution in [1.82, 2.24) is 9.80 Å².